The Labute approximate surface area is 97.7 Å². The summed E-state index contributed by atoms with van der Waals surface area (Å²) in [6.45, 7) is 8.23. The average Bonchev–Trinajstić information content (AvgIpc) is 2.58. The maximum Gasteiger partial charge on any atom is 0.0501 e. The molecule has 88 valence electrons. The van der Waals surface area contributed by atoms with Gasteiger partial charge in [-0.15, -0.1) is 0 Å². The van der Waals surface area contributed by atoms with Crippen LogP contribution in [0.5, 0.6) is 0 Å². The van der Waals surface area contributed by atoms with Crippen molar-refractivity contribution in [2.45, 2.75) is 26.7 Å². The first-order valence-corrected chi connectivity index (χ1v) is 5.98. The molecule has 0 unspecified atom stereocenters. The Morgan fingerprint density at radius 3 is 2.81 bits per heavy atom. The van der Waals surface area contributed by atoms with Crippen LogP contribution in [0.2, 0.25) is 0 Å². The maximum absolute atomic E-state index is 5.61. The zero-order valence-corrected chi connectivity index (χ0v) is 10.2. The summed E-state index contributed by atoms with van der Waals surface area (Å²) in [6.07, 6.45) is 4.07. The van der Waals surface area contributed by atoms with Crippen molar-refractivity contribution >= 4 is 5.69 Å². The van der Waals surface area contributed by atoms with Crippen molar-refractivity contribution < 1.29 is 0 Å². The molecule has 1 aromatic rings. The van der Waals surface area contributed by atoms with Crippen LogP contribution in [0.15, 0.2) is 18.3 Å². The van der Waals surface area contributed by atoms with E-state index in [9.17, 15) is 0 Å². The minimum absolute atomic E-state index is 0.495. The molecule has 3 nitrogen and oxygen atoms in total. The molecule has 2 N–H and O–H groups in total. The van der Waals surface area contributed by atoms with Crippen LogP contribution in [0.3, 0.4) is 0 Å². The van der Waals surface area contributed by atoms with E-state index in [1.165, 1.54) is 19.5 Å². The van der Waals surface area contributed by atoms with Crippen LogP contribution in [0.1, 0.15) is 26.0 Å². The lowest BCUT2D eigenvalue weighted by molar-refractivity contribution is 0.293. The molecular formula is C13H21N3. The lowest BCUT2D eigenvalue weighted by Gasteiger charge is -2.19. The largest absolute Gasteiger partial charge is 0.397 e. The van der Waals surface area contributed by atoms with E-state index in [-0.39, 0.29) is 0 Å². The fraction of sp³-hybridized carbons (Fsp3) is 0.615. The van der Waals surface area contributed by atoms with Crippen LogP contribution in [0, 0.1) is 5.41 Å². The van der Waals surface area contributed by atoms with E-state index < -0.39 is 0 Å². The number of nitrogens with zero attached hydrogens (tertiary/aromatic N) is 2. The predicted octanol–water partition coefficient (Wildman–Crippen LogP) is 1.94. The van der Waals surface area contributed by atoms with Gasteiger partial charge >= 0.3 is 0 Å². The Kier molecular flexibility index (Phi) is 3.15. The first kappa shape index (κ1) is 11.4. The van der Waals surface area contributed by atoms with Gasteiger partial charge in [0.15, 0.2) is 0 Å². The summed E-state index contributed by atoms with van der Waals surface area (Å²) >= 11 is 0. The van der Waals surface area contributed by atoms with Gasteiger partial charge in [0.05, 0.1) is 11.9 Å². The molecule has 3 heteroatoms. The molecule has 1 aromatic heterocycles. The zero-order valence-electron chi connectivity index (χ0n) is 10.2. The van der Waals surface area contributed by atoms with Crippen LogP contribution in [0.4, 0.5) is 5.69 Å². The second kappa shape index (κ2) is 4.42. The molecule has 0 saturated carbocycles. The SMILES string of the molecule is CC1(C)CCN(CCc2ccc(N)cn2)C1. The van der Waals surface area contributed by atoms with Crippen LogP contribution < -0.4 is 5.73 Å². The fourth-order valence-electron chi connectivity index (χ4n) is 2.27. The number of nitrogen functional groups attached to an aromatic ring is 1. The quantitative estimate of drug-likeness (QED) is 0.844. The van der Waals surface area contributed by atoms with Crippen molar-refractivity contribution in [3.63, 3.8) is 0 Å². The Bertz CT molecular complexity index is 343. The molecule has 1 aliphatic heterocycles. The van der Waals surface area contributed by atoms with Gasteiger partial charge in [-0.3, -0.25) is 4.98 Å². The number of pyridine rings is 1. The summed E-state index contributed by atoms with van der Waals surface area (Å²) in [5.41, 5.74) is 7.98. The average molecular weight is 219 g/mol. The molecular weight excluding hydrogens is 198 g/mol. The highest BCUT2D eigenvalue weighted by atomic mass is 15.1. The van der Waals surface area contributed by atoms with Gasteiger partial charge in [-0.05, 0) is 30.5 Å². The molecule has 0 atom stereocenters. The highest BCUT2D eigenvalue weighted by molar-refractivity contribution is 5.34. The smallest absolute Gasteiger partial charge is 0.0501 e. The molecule has 2 heterocycles. The fourth-order valence-corrected chi connectivity index (χ4v) is 2.27. The van der Waals surface area contributed by atoms with Gasteiger partial charge in [-0.1, -0.05) is 13.8 Å². The molecule has 2 rings (SSSR count). The number of nitrogens with two attached hydrogens (primary N) is 1. The molecule has 1 aliphatic rings. The van der Waals surface area contributed by atoms with Gasteiger partial charge in [0.1, 0.15) is 0 Å². The molecule has 0 amide bonds. The Morgan fingerprint density at radius 2 is 2.25 bits per heavy atom. The third-order valence-electron chi connectivity index (χ3n) is 3.29. The second-order valence-electron chi connectivity index (χ2n) is 5.52. The van der Waals surface area contributed by atoms with E-state index in [0.29, 0.717) is 5.41 Å². The molecule has 0 bridgehead atoms. The van der Waals surface area contributed by atoms with E-state index in [2.05, 4.69) is 23.7 Å². The third-order valence-corrected chi connectivity index (χ3v) is 3.29. The summed E-state index contributed by atoms with van der Waals surface area (Å²) in [6, 6.07) is 3.95. The number of rotatable bonds is 3. The van der Waals surface area contributed by atoms with Crippen LogP contribution in [0.25, 0.3) is 0 Å². The highest BCUT2D eigenvalue weighted by Crippen LogP contribution is 2.28. The lowest BCUT2D eigenvalue weighted by atomic mass is 9.93. The minimum atomic E-state index is 0.495. The Morgan fingerprint density at radius 1 is 1.44 bits per heavy atom. The number of hydrogen-bond acceptors (Lipinski definition) is 3. The number of anilines is 1. The van der Waals surface area contributed by atoms with Crippen molar-refractivity contribution in [2.75, 3.05) is 25.4 Å². The van der Waals surface area contributed by atoms with E-state index >= 15 is 0 Å². The maximum atomic E-state index is 5.61. The molecule has 0 radical (unpaired) electrons. The van der Waals surface area contributed by atoms with Crippen molar-refractivity contribution in [1.82, 2.24) is 9.88 Å². The molecule has 16 heavy (non-hydrogen) atoms. The van der Waals surface area contributed by atoms with E-state index in [1.807, 2.05) is 12.1 Å². The molecule has 1 fully saturated rings. The molecule has 1 saturated heterocycles. The van der Waals surface area contributed by atoms with Gasteiger partial charge in [0.2, 0.25) is 0 Å². The first-order chi connectivity index (χ1) is 7.55. The van der Waals surface area contributed by atoms with Gasteiger partial charge < -0.3 is 10.6 Å². The van der Waals surface area contributed by atoms with Gasteiger partial charge in [0, 0.05) is 25.2 Å². The highest BCUT2D eigenvalue weighted by Gasteiger charge is 2.28. The molecule has 0 aromatic carbocycles. The lowest BCUT2D eigenvalue weighted by Crippen LogP contribution is -2.25. The van der Waals surface area contributed by atoms with E-state index in [0.717, 1.165) is 24.3 Å². The second-order valence-corrected chi connectivity index (χ2v) is 5.52. The summed E-state index contributed by atoms with van der Waals surface area (Å²) in [4.78, 5) is 6.85. The Balaban J connectivity index is 1.82. The van der Waals surface area contributed by atoms with Crippen molar-refractivity contribution in [3.8, 4) is 0 Å². The number of hydrogen-bond donors (Lipinski definition) is 1. The van der Waals surface area contributed by atoms with E-state index in [1.54, 1.807) is 6.20 Å². The zero-order chi connectivity index (χ0) is 11.6. The third kappa shape index (κ3) is 2.95. The monoisotopic (exact) mass is 219 g/mol. The van der Waals surface area contributed by atoms with Crippen molar-refractivity contribution in [1.29, 1.82) is 0 Å². The summed E-state index contributed by atoms with van der Waals surface area (Å²) in [5.74, 6) is 0. The Hall–Kier alpha value is -1.09. The van der Waals surface area contributed by atoms with Crippen LogP contribution in [-0.4, -0.2) is 29.5 Å². The number of likely N-dealkylation sites (tertiary alicyclic amines) is 1. The van der Waals surface area contributed by atoms with Crippen LogP contribution in [-0.2, 0) is 6.42 Å². The summed E-state index contributed by atoms with van der Waals surface area (Å²) < 4.78 is 0. The van der Waals surface area contributed by atoms with Crippen molar-refractivity contribution in [3.05, 3.63) is 24.0 Å². The molecule has 0 aliphatic carbocycles. The van der Waals surface area contributed by atoms with Crippen molar-refractivity contribution in [2.24, 2.45) is 5.41 Å². The van der Waals surface area contributed by atoms with Gasteiger partial charge in [0.25, 0.3) is 0 Å². The standard InChI is InChI=1S/C13H21N3/c1-13(2)6-8-16(10-13)7-5-12-4-3-11(14)9-15-12/h3-4,9H,5-8,10,14H2,1-2H3. The minimum Gasteiger partial charge on any atom is -0.397 e. The van der Waals surface area contributed by atoms with Crippen LogP contribution >= 0.6 is 0 Å². The molecule has 0 spiro atoms. The summed E-state index contributed by atoms with van der Waals surface area (Å²) in [7, 11) is 0. The topological polar surface area (TPSA) is 42.1 Å². The van der Waals surface area contributed by atoms with E-state index in [4.69, 9.17) is 5.73 Å². The number of aromatic nitrogens is 1. The normalized spacial score (nSPS) is 20.1. The predicted molar refractivity (Wildman–Crippen MR) is 67.2 cm³/mol. The first-order valence-electron chi connectivity index (χ1n) is 5.98. The summed E-state index contributed by atoms with van der Waals surface area (Å²) in [5, 5.41) is 0. The van der Waals surface area contributed by atoms with Gasteiger partial charge in [-0.2, -0.15) is 0 Å². The van der Waals surface area contributed by atoms with Gasteiger partial charge in [-0.25, -0.2) is 0 Å².